The number of morpholine rings is 2. The predicted molar refractivity (Wildman–Crippen MR) is 172 cm³/mol. The van der Waals surface area contributed by atoms with Crippen LogP contribution < -0.4 is 20.3 Å². The first-order valence-electron chi connectivity index (χ1n) is 13.7. The standard InChI is InChI=1S/C18H19IN4O2.C11H15N3O3/c1-11-9-12(23-5-7-25-8-6-23)10-14-16(11)22-17(21-14)15-13(19)3-4-20-18(15)24-2;1-8-6-9(13-2-4-17-5-3-13)7-10(11(8)12)14(15)16/h3-4,9-10H,5-8H2,1-2H3,(H,21,22);6-7H,2-5,12H2,1H3. The van der Waals surface area contributed by atoms with Crippen molar-refractivity contribution in [1.82, 2.24) is 15.0 Å². The molecule has 4 aromatic rings. The SMILES string of the molecule is COc1nccc(I)c1-c1nc2c(C)cc(N3CCOCC3)cc2[nH]1.Cc1cc(N2CCOCC2)cc([N+](=O)[O-])c1N. The predicted octanol–water partition coefficient (Wildman–Crippen LogP) is 4.71. The number of fused-ring (bicyclic) bond motifs is 1. The molecule has 0 atom stereocenters. The number of nitrogens with two attached hydrogens (primary N) is 1. The molecular formula is C29H34IN7O5. The third-order valence-corrected chi connectivity index (χ3v) is 8.26. The molecule has 2 aromatic carbocycles. The number of halogens is 1. The van der Waals surface area contributed by atoms with Gasteiger partial charge in [-0.1, -0.05) is 0 Å². The maximum atomic E-state index is 10.9. The van der Waals surface area contributed by atoms with Crippen molar-refractivity contribution in [2.75, 3.05) is 75.2 Å². The first-order chi connectivity index (χ1) is 20.3. The van der Waals surface area contributed by atoms with Crippen LogP contribution in [0.2, 0.25) is 0 Å². The Morgan fingerprint density at radius 2 is 1.60 bits per heavy atom. The van der Waals surface area contributed by atoms with E-state index in [0.29, 0.717) is 19.1 Å². The van der Waals surface area contributed by atoms with Crippen LogP contribution in [0.1, 0.15) is 11.1 Å². The summed E-state index contributed by atoms with van der Waals surface area (Å²) in [5.74, 6) is 1.36. The molecule has 42 heavy (non-hydrogen) atoms. The van der Waals surface area contributed by atoms with Crippen molar-refractivity contribution in [3.63, 3.8) is 0 Å². The fraction of sp³-hybridized carbons (Fsp3) is 0.379. The number of aromatic amines is 1. The van der Waals surface area contributed by atoms with Gasteiger partial charge in [-0.15, -0.1) is 0 Å². The molecule has 0 unspecified atom stereocenters. The molecule has 222 valence electrons. The maximum absolute atomic E-state index is 10.9. The van der Waals surface area contributed by atoms with Gasteiger partial charge in [0.15, 0.2) is 0 Å². The zero-order valence-electron chi connectivity index (χ0n) is 23.9. The van der Waals surface area contributed by atoms with Crippen molar-refractivity contribution in [2.45, 2.75) is 13.8 Å². The van der Waals surface area contributed by atoms with Crippen molar-refractivity contribution >= 4 is 56.4 Å². The van der Waals surface area contributed by atoms with E-state index in [2.05, 4.69) is 61.4 Å². The largest absolute Gasteiger partial charge is 0.480 e. The van der Waals surface area contributed by atoms with Gasteiger partial charge in [-0.25, -0.2) is 9.97 Å². The van der Waals surface area contributed by atoms with E-state index in [1.807, 2.05) is 12.1 Å². The average molecular weight is 688 g/mol. The van der Waals surface area contributed by atoms with E-state index in [9.17, 15) is 10.1 Å². The lowest BCUT2D eigenvalue weighted by atomic mass is 10.1. The number of nitrogens with zero attached hydrogens (tertiary/aromatic N) is 5. The highest BCUT2D eigenvalue weighted by molar-refractivity contribution is 14.1. The Balaban J connectivity index is 0.000000181. The summed E-state index contributed by atoms with van der Waals surface area (Å²) >= 11 is 2.29. The van der Waals surface area contributed by atoms with Crippen molar-refractivity contribution in [1.29, 1.82) is 0 Å². The first kappa shape index (κ1) is 29.8. The Hall–Kier alpha value is -3.69. The third kappa shape index (κ3) is 6.37. The summed E-state index contributed by atoms with van der Waals surface area (Å²) in [6, 6.07) is 9.74. The highest BCUT2D eigenvalue weighted by Gasteiger charge is 2.20. The van der Waals surface area contributed by atoms with Crippen LogP contribution in [0.3, 0.4) is 0 Å². The van der Waals surface area contributed by atoms with Gasteiger partial charge in [0.2, 0.25) is 5.88 Å². The van der Waals surface area contributed by atoms with E-state index in [1.165, 1.54) is 11.8 Å². The Morgan fingerprint density at radius 1 is 1.00 bits per heavy atom. The fourth-order valence-electron chi connectivity index (χ4n) is 5.10. The van der Waals surface area contributed by atoms with E-state index < -0.39 is 4.92 Å². The number of nitrogens with one attached hydrogen (secondary N) is 1. The Morgan fingerprint density at radius 3 is 2.19 bits per heavy atom. The van der Waals surface area contributed by atoms with Crippen molar-refractivity contribution in [3.8, 4) is 17.3 Å². The molecule has 0 saturated carbocycles. The summed E-state index contributed by atoms with van der Waals surface area (Å²) in [5, 5.41) is 10.9. The van der Waals surface area contributed by atoms with Gasteiger partial charge in [-0.3, -0.25) is 10.1 Å². The molecule has 0 radical (unpaired) electrons. The van der Waals surface area contributed by atoms with Gasteiger partial charge < -0.3 is 34.7 Å². The lowest BCUT2D eigenvalue weighted by Crippen LogP contribution is -2.36. The summed E-state index contributed by atoms with van der Waals surface area (Å²) < 4.78 is 17.2. The molecule has 6 rings (SSSR count). The molecule has 2 aliphatic heterocycles. The van der Waals surface area contributed by atoms with E-state index in [0.717, 1.165) is 82.2 Å². The van der Waals surface area contributed by atoms with Crippen LogP contribution in [-0.2, 0) is 9.47 Å². The van der Waals surface area contributed by atoms with Crippen LogP contribution in [0.4, 0.5) is 22.7 Å². The van der Waals surface area contributed by atoms with Crippen molar-refractivity contribution in [2.24, 2.45) is 0 Å². The number of hydrogen-bond donors (Lipinski definition) is 2. The van der Waals surface area contributed by atoms with Gasteiger partial charge >= 0.3 is 0 Å². The number of anilines is 3. The lowest BCUT2D eigenvalue weighted by molar-refractivity contribution is -0.383. The molecule has 2 fully saturated rings. The molecule has 13 heteroatoms. The number of nitro benzene ring substituents is 1. The topological polar surface area (TPSA) is 145 Å². The maximum Gasteiger partial charge on any atom is 0.294 e. The van der Waals surface area contributed by atoms with Crippen LogP contribution in [0, 0.1) is 27.5 Å². The Kier molecular flexibility index (Phi) is 9.28. The second kappa shape index (κ2) is 13.1. The number of aromatic nitrogens is 3. The molecule has 0 spiro atoms. The monoisotopic (exact) mass is 687 g/mol. The number of aryl methyl sites for hydroxylation is 2. The number of H-pyrrole nitrogens is 1. The minimum absolute atomic E-state index is 0.0218. The van der Waals surface area contributed by atoms with Crippen LogP contribution in [-0.4, -0.2) is 79.6 Å². The van der Waals surface area contributed by atoms with Crippen LogP contribution in [0.15, 0.2) is 36.5 Å². The molecule has 0 bridgehead atoms. The number of rotatable bonds is 5. The highest BCUT2D eigenvalue weighted by Crippen LogP contribution is 2.34. The van der Waals surface area contributed by atoms with E-state index in [1.54, 1.807) is 20.2 Å². The fourth-order valence-corrected chi connectivity index (χ4v) is 5.75. The molecule has 4 heterocycles. The molecule has 2 aliphatic rings. The summed E-state index contributed by atoms with van der Waals surface area (Å²) in [7, 11) is 1.63. The number of pyridine rings is 1. The second-order valence-electron chi connectivity index (χ2n) is 10.1. The minimum atomic E-state index is -0.438. The van der Waals surface area contributed by atoms with Gasteiger partial charge in [-0.05, 0) is 71.8 Å². The zero-order chi connectivity index (χ0) is 29.8. The number of imidazole rings is 1. The normalized spacial score (nSPS) is 15.3. The van der Waals surface area contributed by atoms with E-state index >= 15 is 0 Å². The Bertz CT molecular complexity index is 1580. The third-order valence-electron chi connectivity index (χ3n) is 7.36. The first-order valence-corrected chi connectivity index (χ1v) is 14.7. The van der Waals surface area contributed by atoms with Crippen LogP contribution >= 0.6 is 22.6 Å². The Labute approximate surface area is 257 Å². The van der Waals surface area contributed by atoms with Gasteiger partial charge in [0.05, 0.1) is 55.1 Å². The lowest BCUT2D eigenvalue weighted by Gasteiger charge is -2.29. The van der Waals surface area contributed by atoms with Gasteiger partial charge in [0, 0.05) is 53.4 Å². The number of nitrogen functional groups attached to an aromatic ring is 1. The summed E-state index contributed by atoms with van der Waals surface area (Å²) in [6.07, 6.45) is 1.74. The smallest absolute Gasteiger partial charge is 0.294 e. The number of methoxy groups -OCH3 is 1. The molecule has 0 amide bonds. The highest BCUT2D eigenvalue weighted by atomic mass is 127. The molecule has 12 nitrogen and oxygen atoms in total. The summed E-state index contributed by atoms with van der Waals surface area (Å²) in [4.78, 5) is 27.5. The second-order valence-corrected chi connectivity index (χ2v) is 11.2. The number of hydrogen-bond acceptors (Lipinski definition) is 10. The quantitative estimate of drug-likeness (QED) is 0.131. The molecule has 2 aromatic heterocycles. The molecule has 3 N–H and O–H groups in total. The number of ether oxygens (including phenoxy) is 3. The van der Waals surface area contributed by atoms with Crippen LogP contribution in [0.25, 0.3) is 22.4 Å². The number of benzene rings is 2. The number of nitro groups is 1. The van der Waals surface area contributed by atoms with Gasteiger partial charge in [-0.2, -0.15) is 0 Å². The summed E-state index contributed by atoms with van der Waals surface area (Å²) in [5.41, 5.74) is 12.8. The average Bonchev–Trinajstić information content (AvgIpc) is 3.44. The van der Waals surface area contributed by atoms with Crippen molar-refractivity contribution in [3.05, 3.63) is 61.3 Å². The minimum Gasteiger partial charge on any atom is -0.480 e. The van der Waals surface area contributed by atoms with Crippen molar-refractivity contribution < 1.29 is 19.1 Å². The van der Waals surface area contributed by atoms with E-state index in [4.69, 9.17) is 24.9 Å². The molecule has 2 saturated heterocycles. The molecular weight excluding hydrogens is 653 g/mol. The summed E-state index contributed by atoms with van der Waals surface area (Å²) in [6.45, 7) is 10.1. The van der Waals surface area contributed by atoms with Gasteiger partial charge in [0.25, 0.3) is 5.69 Å². The molecule has 0 aliphatic carbocycles. The van der Waals surface area contributed by atoms with Crippen LogP contribution in [0.5, 0.6) is 5.88 Å². The van der Waals surface area contributed by atoms with E-state index in [-0.39, 0.29) is 11.4 Å². The van der Waals surface area contributed by atoms with Gasteiger partial charge in [0.1, 0.15) is 11.5 Å². The zero-order valence-corrected chi connectivity index (χ0v) is 26.0.